The molecule has 0 aliphatic rings. The van der Waals surface area contributed by atoms with Gasteiger partial charge in [-0.05, 0) is 32.0 Å². The first kappa shape index (κ1) is 16.3. The van der Waals surface area contributed by atoms with Crippen molar-refractivity contribution in [3.8, 4) is 0 Å². The van der Waals surface area contributed by atoms with E-state index in [-0.39, 0.29) is 22.5 Å². The van der Waals surface area contributed by atoms with Crippen LogP contribution in [0, 0.1) is 0 Å². The third-order valence-corrected chi connectivity index (χ3v) is 3.30. The van der Waals surface area contributed by atoms with E-state index in [0.717, 1.165) is 0 Å². The SMILES string of the molecule is CC(=O)c1cccc(C(=O)NC(=O)c2ccccc2)c1C(C)=O. The van der Waals surface area contributed by atoms with E-state index in [0.29, 0.717) is 5.56 Å². The Labute approximate surface area is 133 Å². The monoisotopic (exact) mass is 309 g/mol. The number of ketones is 2. The summed E-state index contributed by atoms with van der Waals surface area (Å²) in [5, 5.41) is 2.23. The Balaban J connectivity index is 2.37. The molecule has 0 aliphatic heterocycles. The number of hydrogen-bond donors (Lipinski definition) is 1. The Bertz CT molecular complexity index is 794. The lowest BCUT2D eigenvalue weighted by Crippen LogP contribution is -2.32. The summed E-state index contributed by atoms with van der Waals surface area (Å²) in [7, 11) is 0. The summed E-state index contributed by atoms with van der Waals surface area (Å²) in [6, 6.07) is 12.6. The first-order valence-electron chi connectivity index (χ1n) is 6.97. The maximum absolute atomic E-state index is 12.3. The Morgan fingerprint density at radius 2 is 1.30 bits per heavy atom. The van der Waals surface area contributed by atoms with Gasteiger partial charge >= 0.3 is 0 Å². The molecule has 1 N–H and O–H groups in total. The van der Waals surface area contributed by atoms with Crippen molar-refractivity contribution in [1.82, 2.24) is 5.32 Å². The van der Waals surface area contributed by atoms with Crippen LogP contribution in [0.5, 0.6) is 0 Å². The van der Waals surface area contributed by atoms with E-state index in [2.05, 4.69) is 5.32 Å². The summed E-state index contributed by atoms with van der Waals surface area (Å²) in [6.45, 7) is 2.59. The number of rotatable bonds is 4. The number of Topliss-reactive ketones (excluding diaryl/α,β-unsaturated/α-hetero) is 2. The fraction of sp³-hybridized carbons (Fsp3) is 0.111. The van der Waals surface area contributed by atoms with Crippen LogP contribution in [0.25, 0.3) is 0 Å². The van der Waals surface area contributed by atoms with Gasteiger partial charge in [-0.3, -0.25) is 24.5 Å². The van der Waals surface area contributed by atoms with Crippen LogP contribution < -0.4 is 5.32 Å². The maximum Gasteiger partial charge on any atom is 0.258 e. The highest BCUT2D eigenvalue weighted by atomic mass is 16.2. The molecule has 5 heteroatoms. The molecule has 2 aromatic carbocycles. The summed E-state index contributed by atoms with van der Waals surface area (Å²) in [4.78, 5) is 47.9. The fourth-order valence-corrected chi connectivity index (χ4v) is 2.25. The molecule has 23 heavy (non-hydrogen) atoms. The molecular weight excluding hydrogens is 294 g/mol. The van der Waals surface area contributed by atoms with Gasteiger partial charge in [0.2, 0.25) is 0 Å². The fourth-order valence-electron chi connectivity index (χ4n) is 2.25. The highest BCUT2D eigenvalue weighted by molar-refractivity contribution is 6.17. The molecule has 0 radical (unpaired) electrons. The Morgan fingerprint density at radius 3 is 1.87 bits per heavy atom. The molecule has 116 valence electrons. The van der Waals surface area contributed by atoms with Crippen molar-refractivity contribution in [2.24, 2.45) is 0 Å². The molecule has 0 aliphatic carbocycles. The van der Waals surface area contributed by atoms with Gasteiger partial charge < -0.3 is 0 Å². The van der Waals surface area contributed by atoms with Gasteiger partial charge in [0.25, 0.3) is 11.8 Å². The number of nitrogens with one attached hydrogen (secondary N) is 1. The first-order chi connectivity index (χ1) is 10.9. The second-order valence-electron chi connectivity index (χ2n) is 4.99. The molecule has 0 bridgehead atoms. The summed E-state index contributed by atoms with van der Waals surface area (Å²) >= 11 is 0. The Kier molecular flexibility index (Phi) is 4.81. The minimum atomic E-state index is -0.716. The number of imide groups is 1. The number of amides is 2. The zero-order chi connectivity index (χ0) is 17.0. The van der Waals surface area contributed by atoms with Crippen molar-refractivity contribution in [2.45, 2.75) is 13.8 Å². The second kappa shape index (κ2) is 6.79. The van der Waals surface area contributed by atoms with Gasteiger partial charge in [-0.25, -0.2) is 0 Å². The van der Waals surface area contributed by atoms with E-state index < -0.39 is 17.6 Å². The molecule has 2 rings (SSSR count). The molecule has 5 nitrogen and oxygen atoms in total. The molecule has 0 fully saturated rings. The third kappa shape index (κ3) is 3.58. The average molecular weight is 309 g/mol. The number of hydrogen-bond acceptors (Lipinski definition) is 4. The average Bonchev–Trinajstić information content (AvgIpc) is 2.54. The Morgan fingerprint density at radius 1 is 0.696 bits per heavy atom. The van der Waals surface area contributed by atoms with E-state index in [9.17, 15) is 19.2 Å². The quantitative estimate of drug-likeness (QED) is 0.695. The zero-order valence-corrected chi connectivity index (χ0v) is 12.8. The minimum absolute atomic E-state index is 0.00878. The lowest BCUT2D eigenvalue weighted by atomic mass is 9.95. The van der Waals surface area contributed by atoms with Gasteiger partial charge in [-0.15, -0.1) is 0 Å². The third-order valence-electron chi connectivity index (χ3n) is 3.30. The molecule has 0 aromatic heterocycles. The smallest absolute Gasteiger partial charge is 0.258 e. The van der Waals surface area contributed by atoms with E-state index in [1.165, 1.54) is 32.0 Å². The molecule has 2 amide bonds. The predicted octanol–water partition coefficient (Wildman–Crippen LogP) is 2.66. The van der Waals surface area contributed by atoms with Crippen LogP contribution in [-0.2, 0) is 0 Å². The zero-order valence-electron chi connectivity index (χ0n) is 12.8. The summed E-state index contributed by atoms with van der Waals surface area (Å²) in [5.41, 5.74) is 0.526. The lowest BCUT2D eigenvalue weighted by molar-refractivity contribution is 0.0843. The molecule has 2 aromatic rings. The summed E-state index contributed by atoms with van der Waals surface area (Å²) < 4.78 is 0. The van der Waals surface area contributed by atoms with E-state index >= 15 is 0 Å². The largest absolute Gasteiger partial charge is 0.294 e. The van der Waals surface area contributed by atoms with Crippen molar-refractivity contribution >= 4 is 23.4 Å². The first-order valence-corrected chi connectivity index (χ1v) is 6.97. The highest BCUT2D eigenvalue weighted by Gasteiger charge is 2.21. The van der Waals surface area contributed by atoms with Crippen LogP contribution in [0.15, 0.2) is 48.5 Å². The number of benzene rings is 2. The standard InChI is InChI=1S/C18H15NO4/c1-11(20)14-9-6-10-15(16(14)12(2)21)18(23)19-17(22)13-7-4-3-5-8-13/h3-10H,1-2H3,(H,19,22,23). The molecule has 0 saturated carbocycles. The highest BCUT2D eigenvalue weighted by Crippen LogP contribution is 2.17. The van der Waals surface area contributed by atoms with Gasteiger partial charge in [-0.2, -0.15) is 0 Å². The van der Waals surface area contributed by atoms with Crippen LogP contribution in [0.2, 0.25) is 0 Å². The lowest BCUT2D eigenvalue weighted by Gasteiger charge is -2.10. The van der Waals surface area contributed by atoms with Crippen molar-refractivity contribution in [2.75, 3.05) is 0 Å². The van der Waals surface area contributed by atoms with Crippen molar-refractivity contribution in [3.05, 3.63) is 70.8 Å². The minimum Gasteiger partial charge on any atom is -0.294 e. The number of carbonyl (C=O) groups is 4. The van der Waals surface area contributed by atoms with Gasteiger partial charge in [-0.1, -0.05) is 30.3 Å². The summed E-state index contributed by atoms with van der Waals surface area (Å²) in [6.07, 6.45) is 0. The molecule has 0 heterocycles. The molecule has 0 atom stereocenters. The maximum atomic E-state index is 12.3. The van der Waals surface area contributed by atoms with Gasteiger partial charge in [0.05, 0.1) is 5.56 Å². The topological polar surface area (TPSA) is 80.3 Å². The van der Waals surface area contributed by atoms with Gasteiger partial charge in [0, 0.05) is 16.7 Å². The molecule has 0 unspecified atom stereocenters. The molecule has 0 spiro atoms. The number of carbonyl (C=O) groups excluding carboxylic acids is 4. The van der Waals surface area contributed by atoms with Crippen LogP contribution in [0.4, 0.5) is 0 Å². The van der Waals surface area contributed by atoms with Crippen molar-refractivity contribution < 1.29 is 19.2 Å². The summed E-state index contributed by atoms with van der Waals surface area (Å²) in [5.74, 6) is -2.02. The van der Waals surface area contributed by atoms with Crippen LogP contribution in [0.1, 0.15) is 55.3 Å². The van der Waals surface area contributed by atoms with Gasteiger partial charge in [0.1, 0.15) is 0 Å². The second-order valence-corrected chi connectivity index (χ2v) is 4.99. The molecular formula is C18H15NO4. The van der Waals surface area contributed by atoms with Crippen LogP contribution >= 0.6 is 0 Å². The normalized spacial score (nSPS) is 10.0. The Hall–Kier alpha value is -3.08. The molecule has 0 saturated heterocycles. The van der Waals surface area contributed by atoms with Crippen LogP contribution in [0.3, 0.4) is 0 Å². The van der Waals surface area contributed by atoms with Crippen LogP contribution in [-0.4, -0.2) is 23.4 Å². The van der Waals surface area contributed by atoms with E-state index in [1.54, 1.807) is 30.3 Å². The van der Waals surface area contributed by atoms with Gasteiger partial charge in [0.15, 0.2) is 11.6 Å². The van der Waals surface area contributed by atoms with E-state index in [1.807, 2.05) is 0 Å². The van der Waals surface area contributed by atoms with Crippen molar-refractivity contribution in [3.63, 3.8) is 0 Å². The van der Waals surface area contributed by atoms with Crippen molar-refractivity contribution in [1.29, 1.82) is 0 Å². The predicted molar refractivity (Wildman–Crippen MR) is 84.7 cm³/mol. The van der Waals surface area contributed by atoms with E-state index in [4.69, 9.17) is 0 Å².